The van der Waals surface area contributed by atoms with Gasteiger partial charge in [0.1, 0.15) is 11.4 Å². The van der Waals surface area contributed by atoms with E-state index in [1.807, 2.05) is 36.4 Å². The SMILES string of the molecule is O=C=Nc1cccc(C=Cc2ccccc2)c1N=C=O. The summed E-state index contributed by atoms with van der Waals surface area (Å²) in [4.78, 5) is 28.0. The molecule has 0 fully saturated rings. The summed E-state index contributed by atoms with van der Waals surface area (Å²) in [5.41, 5.74) is 2.28. The lowest BCUT2D eigenvalue weighted by molar-refractivity contribution is 0.564. The fourth-order valence-electron chi connectivity index (χ4n) is 1.74. The van der Waals surface area contributed by atoms with E-state index in [0.29, 0.717) is 16.9 Å². The molecule has 4 heteroatoms. The molecular weight excluding hydrogens is 252 g/mol. The average Bonchev–Trinajstić information content (AvgIpc) is 2.49. The standard InChI is InChI=1S/C16H10N2O2/c19-11-17-15-8-4-7-14(16(15)18-12-20)10-9-13-5-2-1-3-6-13/h1-10H. The number of hydrogen-bond acceptors (Lipinski definition) is 4. The van der Waals surface area contributed by atoms with E-state index in [1.54, 1.807) is 24.3 Å². The quantitative estimate of drug-likeness (QED) is 0.478. The maximum Gasteiger partial charge on any atom is 0.240 e. The highest BCUT2D eigenvalue weighted by Gasteiger charge is 2.04. The van der Waals surface area contributed by atoms with Gasteiger partial charge in [-0.2, -0.15) is 9.98 Å². The molecular formula is C16H10N2O2. The Morgan fingerprint density at radius 1 is 0.800 bits per heavy atom. The van der Waals surface area contributed by atoms with E-state index in [1.165, 1.54) is 12.2 Å². The van der Waals surface area contributed by atoms with Crippen LogP contribution in [0.2, 0.25) is 0 Å². The van der Waals surface area contributed by atoms with Gasteiger partial charge >= 0.3 is 0 Å². The van der Waals surface area contributed by atoms with Crippen molar-refractivity contribution >= 4 is 35.7 Å². The van der Waals surface area contributed by atoms with E-state index in [4.69, 9.17) is 0 Å². The molecule has 0 saturated carbocycles. The largest absolute Gasteiger partial charge is 0.240 e. The Labute approximate surface area is 115 Å². The normalized spacial score (nSPS) is 9.80. The van der Waals surface area contributed by atoms with Crippen LogP contribution in [0.15, 0.2) is 58.5 Å². The smallest absolute Gasteiger partial charge is 0.211 e. The maximum absolute atomic E-state index is 10.5. The zero-order valence-corrected chi connectivity index (χ0v) is 10.5. The molecule has 0 aromatic heterocycles. The van der Waals surface area contributed by atoms with Gasteiger partial charge < -0.3 is 0 Å². The topological polar surface area (TPSA) is 58.9 Å². The molecule has 0 bridgehead atoms. The second-order valence-electron chi connectivity index (χ2n) is 3.87. The lowest BCUT2D eigenvalue weighted by atomic mass is 10.1. The third-order valence-electron chi connectivity index (χ3n) is 2.62. The molecule has 0 aliphatic heterocycles. The van der Waals surface area contributed by atoms with Crippen LogP contribution in [0.4, 0.5) is 11.4 Å². The van der Waals surface area contributed by atoms with Crippen molar-refractivity contribution in [1.82, 2.24) is 0 Å². The molecule has 4 nitrogen and oxygen atoms in total. The summed E-state index contributed by atoms with van der Waals surface area (Å²) >= 11 is 0. The molecule has 0 N–H and O–H groups in total. The monoisotopic (exact) mass is 262 g/mol. The van der Waals surface area contributed by atoms with Crippen LogP contribution in [0.1, 0.15) is 11.1 Å². The molecule has 0 amide bonds. The number of para-hydroxylation sites is 1. The summed E-state index contributed by atoms with van der Waals surface area (Å²) in [6.07, 6.45) is 6.60. The zero-order valence-electron chi connectivity index (χ0n) is 10.5. The number of rotatable bonds is 4. The molecule has 0 saturated heterocycles. The Hall–Kier alpha value is -3.06. The molecule has 2 aromatic rings. The summed E-state index contributed by atoms with van der Waals surface area (Å²) in [5, 5.41) is 0. The van der Waals surface area contributed by atoms with Crippen LogP contribution in [0, 0.1) is 0 Å². The lowest BCUT2D eigenvalue weighted by Crippen LogP contribution is -1.77. The number of carbonyl (C=O) groups excluding carboxylic acids is 2. The van der Waals surface area contributed by atoms with Gasteiger partial charge in [-0.25, -0.2) is 9.59 Å². The van der Waals surface area contributed by atoms with Crippen LogP contribution in [-0.4, -0.2) is 12.2 Å². The fourth-order valence-corrected chi connectivity index (χ4v) is 1.74. The Balaban J connectivity index is 2.46. The number of isocyanates is 2. The van der Waals surface area contributed by atoms with E-state index < -0.39 is 0 Å². The van der Waals surface area contributed by atoms with Crippen molar-refractivity contribution in [1.29, 1.82) is 0 Å². The van der Waals surface area contributed by atoms with Crippen molar-refractivity contribution < 1.29 is 9.59 Å². The molecule has 0 unspecified atom stereocenters. The van der Waals surface area contributed by atoms with Gasteiger partial charge in [0.15, 0.2) is 0 Å². The number of aliphatic imine (C=N–C) groups is 2. The number of hydrogen-bond donors (Lipinski definition) is 0. The molecule has 2 aromatic carbocycles. The second-order valence-corrected chi connectivity index (χ2v) is 3.87. The van der Waals surface area contributed by atoms with E-state index >= 15 is 0 Å². The minimum atomic E-state index is 0.290. The van der Waals surface area contributed by atoms with Crippen molar-refractivity contribution in [2.45, 2.75) is 0 Å². The molecule has 0 heterocycles. The van der Waals surface area contributed by atoms with Gasteiger partial charge in [0, 0.05) is 5.56 Å². The molecule has 0 aliphatic carbocycles. The third-order valence-corrected chi connectivity index (χ3v) is 2.62. The third kappa shape index (κ3) is 3.24. The van der Waals surface area contributed by atoms with Crippen molar-refractivity contribution in [2.75, 3.05) is 0 Å². The van der Waals surface area contributed by atoms with Gasteiger partial charge in [-0.05, 0) is 11.6 Å². The summed E-state index contributed by atoms with van der Waals surface area (Å²) in [5.74, 6) is 0. The first-order chi connectivity index (χ1) is 9.85. The zero-order chi connectivity index (χ0) is 14.2. The van der Waals surface area contributed by atoms with Gasteiger partial charge in [-0.1, -0.05) is 54.6 Å². The van der Waals surface area contributed by atoms with Gasteiger partial charge in [-0.3, -0.25) is 0 Å². The van der Waals surface area contributed by atoms with Crippen molar-refractivity contribution in [3.63, 3.8) is 0 Å². The van der Waals surface area contributed by atoms with Crippen LogP contribution >= 0.6 is 0 Å². The van der Waals surface area contributed by atoms with Gasteiger partial charge in [0.25, 0.3) is 0 Å². The predicted octanol–water partition coefficient (Wildman–Crippen LogP) is 3.79. The highest BCUT2D eigenvalue weighted by atomic mass is 16.1. The van der Waals surface area contributed by atoms with Crippen molar-refractivity contribution in [3.05, 3.63) is 59.7 Å². The molecule has 0 aliphatic rings. The van der Waals surface area contributed by atoms with Crippen molar-refractivity contribution in [2.24, 2.45) is 9.98 Å². The summed E-state index contributed by atoms with van der Waals surface area (Å²) in [7, 11) is 0. The van der Waals surface area contributed by atoms with Crippen LogP contribution < -0.4 is 0 Å². The Morgan fingerprint density at radius 3 is 2.25 bits per heavy atom. The maximum atomic E-state index is 10.5. The Bertz CT molecular complexity index is 723. The first-order valence-electron chi connectivity index (χ1n) is 5.87. The van der Waals surface area contributed by atoms with E-state index in [9.17, 15) is 9.59 Å². The molecule has 20 heavy (non-hydrogen) atoms. The fraction of sp³-hybridized carbons (Fsp3) is 0. The number of benzene rings is 2. The van der Waals surface area contributed by atoms with Crippen LogP contribution in [0.25, 0.3) is 12.2 Å². The lowest BCUT2D eigenvalue weighted by Gasteiger charge is -2.01. The number of nitrogens with zero attached hydrogens (tertiary/aromatic N) is 2. The van der Waals surface area contributed by atoms with Crippen LogP contribution in [-0.2, 0) is 9.59 Å². The first-order valence-corrected chi connectivity index (χ1v) is 5.87. The van der Waals surface area contributed by atoms with E-state index in [0.717, 1.165) is 5.56 Å². The van der Waals surface area contributed by atoms with Gasteiger partial charge in [0.2, 0.25) is 12.2 Å². The van der Waals surface area contributed by atoms with Gasteiger partial charge in [0.05, 0.1) is 0 Å². The minimum absolute atomic E-state index is 0.290. The van der Waals surface area contributed by atoms with Gasteiger partial charge in [-0.15, -0.1) is 0 Å². The summed E-state index contributed by atoms with van der Waals surface area (Å²) < 4.78 is 0. The highest BCUT2D eigenvalue weighted by molar-refractivity contribution is 5.82. The molecule has 96 valence electrons. The second kappa shape index (κ2) is 6.76. The highest BCUT2D eigenvalue weighted by Crippen LogP contribution is 2.32. The minimum Gasteiger partial charge on any atom is -0.211 e. The summed E-state index contributed by atoms with van der Waals surface area (Å²) in [6.45, 7) is 0. The molecule has 2 rings (SSSR count). The van der Waals surface area contributed by atoms with Crippen molar-refractivity contribution in [3.8, 4) is 0 Å². The molecule has 0 atom stereocenters. The first kappa shape index (κ1) is 13.4. The average molecular weight is 262 g/mol. The Morgan fingerprint density at radius 2 is 1.55 bits per heavy atom. The Kier molecular flexibility index (Phi) is 4.52. The molecule has 0 spiro atoms. The molecule has 0 radical (unpaired) electrons. The van der Waals surface area contributed by atoms with Crippen LogP contribution in [0.3, 0.4) is 0 Å². The predicted molar refractivity (Wildman–Crippen MR) is 77.4 cm³/mol. The van der Waals surface area contributed by atoms with E-state index in [-0.39, 0.29) is 0 Å². The van der Waals surface area contributed by atoms with Crippen LogP contribution in [0.5, 0.6) is 0 Å². The van der Waals surface area contributed by atoms with E-state index in [2.05, 4.69) is 9.98 Å². The summed E-state index contributed by atoms with van der Waals surface area (Å²) in [6, 6.07) is 14.8.